The number of hydrogen-bond donors (Lipinski definition) is 2. The number of carbonyl (C=O) groups is 2. The first-order valence-corrected chi connectivity index (χ1v) is 14.8. The van der Waals surface area contributed by atoms with E-state index in [1.54, 1.807) is 4.90 Å². The van der Waals surface area contributed by atoms with E-state index in [4.69, 9.17) is 4.98 Å². The average molecular weight is 533 g/mol. The number of nitrogens with zero attached hydrogens (tertiary/aromatic N) is 4. The lowest BCUT2D eigenvalue weighted by Crippen LogP contribution is -2.55. The van der Waals surface area contributed by atoms with Gasteiger partial charge in [-0.3, -0.25) is 9.59 Å². The predicted molar refractivity (Wildman–Crippen MR) is 158 cm³/mol. The van der Waals surface area contributed by atoms with Crippen molar-refractivity contribution in [2.45, 2.75) is 76.8 Å². The van der Waals surface area contributed by atoms with Crippen molar-refractivity contribution in [1.82, 2.24) is 15.2 Å². The molecule has 0 radical (unpaired) electrons. The summed E-state index contributed by atoms with van der Waals surface area (Å²) in [7, 11) is 4.01. The molecular formula is C31H44N6O2. The first kappa shape index (κ1) is 27.4. The fourth-order valence-electron chi connectivity index (χ4n) is 6.38. The number of benzene rings is 1. The van der Waals surface area contributed by atoms with Crippen LogP contribution in [0.2, 0.25) is 0 Å². The van der Waals surface area contributed by atoms with Crippen LogP contribution in [0.3, 0.4) is 0 Å². The molecule has 1 aliphatic carbocycles. The molecule has 2 aromatic rings. The van der Waals surface area contributed by atoms with Crippen LogP contribution in [0, 0.1) is 5.92 Å². The van der Waals surface area contributed by atoms with Gasteiger partial charge in [-0.2, -0.15) is 0 Å². The Balaban J connectivity index is 1.23. The average Bonchev–Trinajstić information content (AvgIpc) is 3.23. The SMILES string of the molecule is C[C@@H]1C(=O)N(C)c2ccc(Nc3ccc(C(=O)NCCC4CCN(C)CC4)cc3)nc2N1C1CCCCCC1. The third-order valence-corrected chi connectivity index (χ3v) is 8.88. The van der Waals surface area contributed by atoms with Crippen LogP contribution < -0.4 is 20.4 Å². The number of carbonyl (C=O) groups excluding carboxylic acids is 2. The molecule has 1 aromatic carbocycles. The number of pyridine rings is 1. The number of fused-ring (bicyclic) bond motifs is 1. The molecular weight excluding hydrogens is 488 g/mol. The molecule has 0 bridgehead atoms. The van der Waals surface area contributed by atoms with Crippen LogP contribution in [0.4, 0.5) is 23.0 Å². The Morgan fingerprint density at radius 2 is 1.64 bits per heavy atom. The predicted octanol–water partition coefficient (Wildman–Crippen LogP) is 5.18. The Kier molecular flexibility index (Phi) is 8.70. The van der Waals surface area contributed by atoms with Crippen LogP contribution in [0.15, 0.2) is 36.4 Å². The summed E-state index contributed by atoms with van der Waals surface area (Å²) in [4.78, 5) is 37.1. The highest BCUT2D eigenvalue weighted by molar-refractivity contribution is 6.04. The van der Waals surface area contributed by atoms with Crippen molar-refractivity contribution in [1.29, 1.82) is 0 Å². The summed E-state index contributed by atoms with van der Waals surface area (Å²) in [6, 6.07) is 11.6. The van der Waals surface area contributed by atoms with Gasteiger partial charge in [-0.05, 0) is 101 Å². The highest BCUT2D eigenvalue weighted by atomic mass is 16.2. The fourth-order valence-corrected chi connectivity index (χ4v) is 6.38. The van der Waals surface area contributed by atoms with E-state index in [1.165, 1.54) is 38.5 Å². The van der Waals surface area contributed by atoms with Crippen LogP contribution in [0.1, 0.15) is 75.1 Å². The van der Waals surface area contributed by atoms with E-state index in [2.05, 4.69) is 27.5 Å². The number of hydrogen-bond acceptors (Lipinski definition) is 6. The molecule has 2 aliphatic heterocycles. The largest absolute Gasteiger partial charge is 0.352 e. The van der Waals surface area contributed by atoms with Crippen LogP contribution in [-0.2, 0) is 4.79 Å². The lowest BCUT2D eigenvalue weighted by atomic mass is 9.94. The summed E-state index contributed by atoms with van der Waals surface area (Å²) in [5.41, 5.74) is 2.40. The molecule has 3 heterocycles. The van der Waals surface area contributed by atoms with E-state index in [1.807, 2.05) is 50.4 Å². The zero-order valence-electron chi connectivity index (χ0n) is 23.8. The van der Waals surface area contributed by atoms with Gasteiger partial charge < -0.3 is 25.3 Å². The number of anilines is 4. The third kappa shape index (κ3) is 6.38. The second-order valence-corrected chi connectivity index (χ2v) is 11.7. The molecule has 1 saturated heterocycles. The number of nitrogens with one attached hydrogen (secondary N) is 2. The van der Waals surface area contributed by atoms with E-state index in [-0.39, 0.29) is 17.9 Å². The van der Waals surface area contributed by atoms with Crippen molar-refractivity contribution in [2.24, 2.45) is 5.92 Å². The third-order valence-electron chi connectivity index (χ3n) is 8.88. The summed E-state index contributed by atoms with van der Waals surface area (Å²) in [6.45, 7) is 5.03. The van der Waals surface area contributed by atoms with Gasteiger partial charge in [0.25, 0.3) is 5.91 Å². The number of rotatable bonds is 7. The Bertz CT molecular complexity index is 1140. The monoisotopic (exact) mass is 532 g/mol. The molecule has 2 fully saturated rings. The Morgan fingerprint density at radius 3 is 2.33 bits per heavy atom. The minimum atomic E-state index is -0.231. The number of amides is 2. The summed E-state index contributed by atoms with van der Waals surface area (Å²) < 4.78 is 0. The minimum Gasteiger partial charge on any atom is -0.352 e. The second-order valence-electron chi connectivity index (χ2n) is 11.7. The quantitative estimate of drug-likeness (QED) is 0.478. The van der Waals surface area contributed by atoms with Gasteiger partial charge in [0.05, 0.1) is 5.69 Å². The van der Waals surface area contributed by atoms with Gasteiger partial charge in [-0.1, -0.05) is 25.7 Å². The van der Waals surface area contributed by atoms with Crippen LogP contribution in [0.25, 0.3) is 0 Å². The zero-order valence-corrected chi connectivity index (χ0v) is 23.8. The summed E-state index contributed by atoms with van der Waals surface area (Å²) in [5, 5.41) is 6.50. The van der Waals surface area contributed by atoms with Gasteiger partial charge in [-0.25, -0.2) is 4.98 Å². The maximum atomic E-state index is 13.1. The molecule has 39 heavy (non-hydrogen) atoms. The number of piperidine rings is 1. The summed E-state index contributed by atoms with van der Waals surface area (Å²) in [6.07, 6.45) is 10.6. The zero-order chi connectivity index (χ0) is 27.4. The van der Waals surface area contributed by atoms with E-state index in [0.29, 0.717) is 17.5 Å². The molecule has 0 unspecified atom stereocenters. The molecule has 2 N–H and O–H groups in total. The molecule has 210 valence electrons. The smallest absolute Gasteiger partial charge is 0.251 e. The molecule has 3 aliphatic rings. The van der Waals surface area contributed by atoms with E-state index >= 15 is 0 Å². The van der Waals surface area contributed by atoms with Crippen molar-refractivity contribution < 1.29 is 9.59 Å². The van der Waals surface area contributed by atoms with Gasteiger partial charge >= 0.3 is 0 Å². The van der Waals surface area contributed by atoms with Crippen LogP contribution in [-0.4, -0.2) is 67.5 Å². The molecule has 8 nitrogen and oxygen atoms in total. The maximum absolute atomic E-state index is 13.1. The lowest BCUT2D eigenvalue weighted by Gasteiger charge is -2.43. The van der Waals surface area contributed by atoms with Crippen molar-refractivity contribution in [3.05, 3.63) is 42.0 Å². The van der Waals surface area contributed by atoms with Crippen molar-refractivity contribution in [3.8, 4) is 0 Å². The van der Waals surface area contributed by atoms with Gasteiger partial charge in [0, 0.05) is 30.9 Å². The molecule has 2 amide bonds. The normalized spacial score (nSPS) is 21.4. The molecule has 1 atom stereocenters. The van der Waals surface area contributed by atoms with Gasteiger partial charge in [0.15, 0.2) is 5.82 Å². The molecule has 1 aromatic heterocycles. The highest BCUT2D eigenvalue weighted by Gasteiger charge is 2.38. The van der Waals surface area contributed by atoms with Gasteiger partial charge in [0.1, 0.15) is 11.9 Å². The molecule has 8 heteroatoms. The standard InChI is InChI=1S/C31H44N6O2/c1-22-31(39)36(3)27-14-15-28(34-29(27)37(22)26-8-6-4-5-7-9-26)33-25-12-10-24(11-13-25)30(38)32-19-16-23-17-20-35(2)21-18-23/h10-15,22-23,26H,4-9,16-21H2,1-3H3,(H,32,38)(H,33,34)/t22-/m1/s1. The minimum absolute atomic E-state index is 0.0258. The topological polar surface area (TPSA) is 80.8 Å². The first-order chi connectivity index (χ1) is 18.9. The lowest BCUT2D eigenvalue weighted by molar-refractivity contribution is -0.119. The van der Waals surface area contributed by atoms with Crippen molar-refractivity contribution >= 4 is 34.8 Å². The number of likely N-dealkylation sites (N-methyl/N-ethyl adjacent to an activating group) is 1. The van der Waals surface area contributed by atoms with E-state index in [0.717, 1.165) is 61.9 Å². The highest BCUT2D eigenvalue weighted by Crippen LogP contribution is 2.39. The van der Waals surface area contributed by atoms with E-state index in [9.17, 15) is 9.59 Å². The maximum Gasteiger partial charge on any atom is 0.251 e. The Hall–Kier alpha value is -3.13. The number of aromatic nitrogens is 1. The molecule has 5 rings (SSSR count). The van der Waals surface area contributed by atoms with Crippen molar-refractivity contribution in [3.63, 3.8) is 0 Å². The summed E-state index contributed by atoms with van der Waals surface area (Å²) >= 11 is 0. The van der Waals surface area contributed by atoms with Crippen molar-refractivity contribution in [2.75, 3.05) is 48.8 Å². The summed E-state index contributed by atoms with van der Waals surface area (Å²) in [5.74, 6) is 2.41. The van der Waals surface area contributed by atoms with Crippen LogP contribution >= 0.6 is 0 Å². The van der Waals surface area contributed by atoms with E-state index < -0.39 is 0 Å². The van der Waals surface area contributed by atoms with Gasteiger partial charge in [0.2, 0.25) is 5.91 Å². The Labute approximate surface area is 233 Å². The second kappa shape index (κ2) is 12.4. The fraction of sp³-hybridized carbons (Fsp3) is 0.581. The van der Waals surface area contributed by atoms with Crippen LogP contribution in [0.5, 0.6) is 0 Å². The first-order valence-electron chi connectivity index (χ1n) is 14.8. The number of likely N-dealkylation sites (tertiary alicyclic amines) is 1. The molecule has 1 saturated carbocycles. The van der Waals surface area contributed by atoms with Gasteiger partial charge in [-0.15, -0.1) is 0 Å². The molecule has 0 spiro atoms. The Morgan fingerprint density at radius 1 is 0.949 bits per heavy atom.